The van der Waals surface area contributed by atoms with E-state index in [4.69, 9.17) is 11.6 Å². The average Bonchev–Trinajstić information content (AvgIpc) is 3.61. The van der Waals surface area contributed by atoms with Crippen molar-refractivity contribution in [2.75, 3.05) is 13.6 Å². The normalized spacial score (nSPS) is 14.5. The van der Waals surface area contributed by atoms with Gasteiger partial charge in [-0.1, -0.05) is 36.7 Å². The second kappa shape index (κ2) is 9.83. The summed E-state index contributed by atoms with van der Waals surface area (Å²) >= 11 is 5.88. The number of aromatic amines is 1. The molecule has 0 saturated heterocycles. The molecule has 0 unspecified atom stereocenters. The maximum absolute atomic E-state index is 12.5. The zero-order valence-corrected chi connectivity index (χ0v) is 19.3. The van der Waals surface area contributed by atoms with Gasteiger partial charge in [0.2, 0.25) is 5.91 Å². The summed E-state index contributed by atoms with van der Waals surface area (Å²) in [5.41, 5.74) is 1.80. The number of pyridine rings is 1. The van der Waals surface area contributed by atoms with Gasteiger partial charge in [-0.2, -0.15) is 0 Å². The average molecular weight is 463 g/mol. The number of carbonyl (C=O) groups is 1. The number of sulfone groups is 1. The van der Waals surface area contributed by atoms with Crippen LogP contribution in [0.1, 0.15) is 50.3 Å². The van der Waals surface area contributed by atoms with E-state index in [1.54, 1.807) is 48.3 Å². The number of hydrogen-bond acceptors (Lipinski definition) is 4. The van der Waals surface area contributed by atoms with E-state index in [1.807, 2.05) is 13.0 Å². The zero-order valence-electron chi connectivity index (χ0n) is 17.7. The van der Waals surface area contributed by atoms with Crippen molar-refractivity contribution in [3.63, 3.8) is 0 Å². The Morgan fingerprint density at radius 3 is 2.45 bits per heavy atom. The Morgan fingerprint density at radius 1 is 1.19 bits per heavy atom. The van der Waals surface area contributed by atoms with Crippen LogP contribution in [0.2, 0.25) is 5.02 Å². The van der Waals surface area contributed by atoms with Gasteiger partial charge in [-0.05, 0) is 55.5 Å². The molecule has 0 spiro atoms. The monoisotopic (exact) mass is 462 g/mol. The Kier molecular flexibility index (Phi) is 7.38. The number of halogens is 1. The Balaban J connectivity index is 1.86. The molecule has 0 bridgehead atoms. The van der Waals surface area contributed by atoms with Gasteiger partial charge in [0.15, 0.2) is 9.84 Å². The number of benzene rings is 1. The Labute approximate surface area is 187 Å². The van der Waals surface area contributed by atoms with Gasteiger partial charge >= 0.3 is 0 Å². The number of allylic oxidation sites excluding steroid dienone is 1. The first-order valence-electron chi connectivity index (χ1n) is 10.4. The molecule has 0 atom stereocenters. The molecule has 31 heavy (non-hydrogen) atoms. The molecular formula is C23H27ClN2O4S. The van der Waals surface area contributed by atoms with Gasteiger partial charge < -0.3 is 9.88 Å². The molecule has 2 aromatic rings. The molecule has 1 heterocycles. The highest BCUT2D eigenvalue weighted by Crippen LogP contribution is 2.34. The van der Waals surface area contributed by atoms with E-state index in [0.717, 1.165) is 30.4 Å². The summed E-state index contributed by atoms with van der Waals surface area (Å²) in [5, 5.41) is -0.155. The van der Waals surface area contributed by atoms with Crippen LogP contribution in [0.5, 0.6) is 0 Å². The third-order valence-corrected chi connectivity index (χ3v) is 7.96. The lowest BCUT2D eigenvalue weighted by molar-refractivity contribution is -0.129. The van der Waals surface area contributed by atoms with Gasteiger partial charge in [-0.3, -0.25) is 9.59 Å². The van der Waals surface area contributed by atoms with Crippen molar-refractivity contribution >= 4 is 32.9 Å². The standard InChI is InChI=1S/C23H27ClN2O4S/c1-3-22(27)26(2)15-5-4-6-19(21-14-13-20(24)23(28)25-21)16-7-9-17(10-8-16)31(29,30)18-11-12-18/h6-10,13-14,18H,3-5,11-12,15H2,1-2H3,(H,25,28)/b19-6+. The molecule has 1 aromatic carbocycles. The summed E-state index contributed by atoms with van der Waals surface area (Å²) in [7, 11) is -1.47. The van der Waals surface area contributed by atoms with Crippen molar-refractivity contribution in [2.45, 2.75) is 49.2 Å². The van der Waals surface area contributed by atoms with E-state index in [0.29, 0.717) is 30.0 Å². The van der Waals surface area contributed by atoms with E-state index in [-0.39, 0.29) is 21.7 Å². The molecule has 6 nitrogen and oxygen atoms in total. The number of nitrogens with zero attached hydrogens (tertiary/aromatic N) is 1. The fourth-order valence-corrected chi connectivity index (χ4v) is 5.13. The SMILES string of the molecule is CCC(=O)N(C)CCC/C=C(\c1ccc(S(=O)(=O)C2CC2)cc1)c1ccc(Cl)c(=O)[nH]1. The van der Waals surface area contributed by atoms with E-state index in [9.17, 15) is 18.0 Å². The molecule has 1 fully saturated rings. The van der Waals surface area contributed by atoms with Crippen LogP contribution in [0, 0.1) is 0 Å². The number of aromatic nitrogens is 1. The van der Waals surface area contributed by atoms with Gasteiger partial charge in [-0.15, -0.1) is 0 Å². The van der Waals surface area contributed by atoms with Gasteiger partial charge in [0.05, 0.1) is 10.1 Å². The van der Waals surface area contributed by atoms with Crippen molar-refractivity contribution in [2.24, 2.45) is 0 Å². The van der Waals surface area contributed by atoms with Gasteiger partial charge in [-0.25, -0.2) is 8.42 Å². The summed E-state index contributed by atoms with van der Waals surface area (Å²) in [4.78, 5) is 28.6. The molecule has 0 radical (unpaired) electrons. The third-order valence-electron chi connectivity index (χ3n) is 5.38. The summed E-state index contributed by atoms with van der Waals surface area (Å²) in [5.74, 6) is 0.0960. The van der Waals surface area contributed by atoms with Crippen LogP contribution in [0.25, 0.3) is 5.57 Å². The molecule has 8 heteroatoms. The highest BCUT2D eigenvalue weighted by Gasteiger charge is 2.36. The van der Waals surface area contributed by atoms with E-state index in [1.165, 1.54) is 0 Å². The third kappa shape index (κ3) is 5.66. The maximum atomic E-state index is 12.5. The van der Waals surface area contributed by atoms with Crippen molar-refractivity contribution in [1.29, 1.82) is 0 Å². The smallest absolute Gasteiger partial charge is 0.267 e. The van der Waals surface area contributed by atoms with Crippen LogP contribution in [-0.2, 0) is 14.6 Å². The minimum Gasteiger partial charge on any atom is -0.346 e. The summed E-state index contributed by atoms with van der Waals surface area (Å²) in [6.45, 7) is 2.47. The molecule has 0 aliphatic heterocycles. The largest absolute Gasteiger partial charge is 0.346 e. The van der Waals surface area contributed by atoms with Gasteiger partial charge in [0, 0.05) is 31.3 Å². The van der Waals surface area contributed by atoms with Crippen molar-refractivity contribution in [3.8, 4) is 0 Å². The number of nitrogens with one attached hydrogen (secondary N) is 1. The molecule has 1 saturated carbocycles. The predicted octanol–water partition coefficient (Wildman–Crippen LogP) is 4.04. The fourth-order valence-electron chi connectivity index (χ4n) is 3.36. The lowest BCUT2D eigenvalue weighted by Crippen LogP contribution is -2.26. The van der Waals surface area contributed by atoms with Crippen molar-refractivity contribution in [3.05, 3.63) is 69.1 Å². The second-order valence-electron chi connectivity index (χ2n) is 7.75. The molecule has 1 aliphatic carbocycles. The summed E-state index contributed by atoms with van der Waals surface area (Å²) in [6.07, 6.45) is 5.35. The minimum absolute atomic E-state index is 0.0960. The Morgan fingerprint density at radius 2 is 1.87 bits per heavy atom. The molecule has 166 valence electrons. The lowest BCUT2D eigenvalue weighted by atomic mass is 10.0. The van der Waals surface area contributed by atoms with Crippen LogP contribution < -0.4 is 5.56 Å². The lowest BCUT2D eigenvalue weighted by Gasteiger charge is -2.15. The zero-order chi connectivity index (χ0) is 22.6. The van der Waals surface area contributed by atoms with Gasteiger partial charge in [0.25, 0.3) is 5.56 Å². The van der Waals surface area contributed by atoms with Crippen LogP contribution in [0.3, 0.4) is 0 Å². The number of H-pyrrole nitrogens is 1. The molecule has 1 N–H and O–H groups in total. The first-order chi connectivity index (χ1) is 14.7. The van der Waals surface area contributed by atoms with E-state index >= 15 is 0 Å². The number of unbranched alkanes of at least 4 members (excludes halogenated alkanes) is 1. The Hall–Kier alpha value is -2.38. The highest BCUT2D eigenvalue weighted by molar-refractivity contribution is 7.92. The Bertz CT molecular complexity index is 1130. The fraction of sp³-hybridized carbons (Fsp3) is 0.391. The number of carbonyl (C=O) groups excluding carboxylic acids is 1. The second-order valence-corrected chi connectivity index (χ2v) is 10.4. The first-order valence-corrected chi connectivity index (χ1v) is 12.3. The molecular weight excluding hydrogens is 436 g/mol. The highest BCUT2D eigenvalue weighted by atomic mass is 35.5. The number of hydrogen-bond donors (Lipinski definition) is 1. The number of amides is 1. The molecule has 3 rings (SSSR count). The topological polar surface area (TPSA) is 87.3 Å². The van der Waals surface area contributed by atoms with Crippen LogP contribution in [0.15, 0.2) is 52.2 Å². The van der Waals surface area contributed by atoms with Crippen LogP contribution in [-0.4, -0.2) is 43.1 Å². The first kappa shape index (κ1) is 23.3. The molecule has 1 aromatic heterocycles. The summed E-state index contributed by atoms with van der Waals surface area (Å²) < 4.78 is 24.9. The van der Waals surface area contributed by atoms with E-state index < -0.39 is 9.84 Å². The van der Waals surface area contributed by atoms with Crippen molar-refractivity contribution in [1.82, 2.24) is 9.88 Å². The minimum atomic E-state index is -3.26. The summed E-state index contributed by atoms with van der Waals surface area (Å²) in [6, 6.07) is 10.1. The van der Waals surface area contributed by atoms with E-state index in [2.05, 4.69) is 4.98 Å². The van der Waals surface area contributed by atoms with Crippen LogP contribution >= 0.6 is 11.6 Å². The quantitative estimate of drug-likeness (QED) is 0.569. The predicted molar refractivity (Wildman–Crippen MR) is 123 cm³/mol. The van der Waals surface area contributed by atoms with Crippen molar-refractivity contribution < 1.29 is 13.2 Å². The number of rotatable bonds is 9. The maximum Gasteiger partial charge on any atom is 0.267 e. The van der Waals surface area contributed by atoms with Gasteiger partial charge in [0.1, 0.15) is 5.02 Å². The van der Waals surface area contributed by atoms with Crippen LogP contribution in [0.4, 0.5) is 0 Å². The molecule has 1 aliphatic rings. The molecule has 1 amide bonds.